The third kappa shape index (κ3) is 2.66. The van der Waals surface area contributed by atoms with Gasteiger partial charge in [-0.3, -0.25) is 9.59 Å². The lowest BCUT2D eigenvalue weighted by molar-refractivity contribution is -0.143. The number of amides is 2. The number of likely N-dealkylation sites (tertiary alicyclic amines) is 1. The molecule has 0 aliphatic carbocycles. The Bertz CT molecular complexity index is 464. The second-order valence-corrected chi connectivity index (χ2v) is 8.29. The van der Waals surface area contributed by atoms with Crippen LogP contribution in [0.2, 0.25) is 0 Å². The van der Waals surface area contributed by atoms with Gasteiger partial charge >= 0.3 is 0 Å². The molecule has 0 saturated carbocycles. The summed E-state index contributed by atoms with van der Waals surface area (Å²) in [6.45, 7) is 6.32. The van der Waals surface area contributed by atoms with Crippen LogP contribution in [0.25, 0.3) is 0 Å². The largest absolute Gasteiger partial charge is 0.340 e. The molecule has 2 amide bonds. The topological polar surface area (TPSA) is 66.6 Å². The Morgan fingerprint density at radius 1 is 1.43 bits per heavy atom. The van der Waals surface area contributed by atoms with E-state index in [2.05, 4.69) is 13.8 Å². The summed E-state index contributed by atoms with van der Waals surface area (Å²) in [5.74, 6) is 0.988. The van der Waals surface area contributed by atoms with E-state index in [9.17, 15) is 9.59 Å². The minimum absolute atomic E-state index is 0. The van der Waals surface area contributed by atoms with E-state index in [1.807, 2.05) is 9.80 Å². The van der Waals surface area contributed by atoms with Gasteiger partial charge in [0.2, 0.25) is 11.8 Å². The van der Waals surface area contributed by atoms with Crippen molar-refractivity contribution in [3.8, 4) is 0 Å². The molecule has 21 heavy (non-hydrogen) atoms. The molecule has 0 aromatic rings. The quantitative estimate of drug-likeness (QED) is 0.820. The van der Waals surface area contributed by atoms with Crippen LogP contribution in [-0.2, 0) is 9.59 Å². The van der Waals surface area contributed by atoms with E-state index in [0.29, 0.717) is 13.0 Å². The van der Waals surface area contributed by atoms with Crippen LogP contribution < -0.4 is 5.73 Å². The monoisotopic (exact) mass is 333 g/mol. The van der Waals surface area contributed by atoms with Gasteiger partial charge in [-0.2, -0.15) is 0 Å². The fraction of sp³-hybridized carbons (Fsp3) is 0.857. The molecule has 3 aliphatic rings. The summed E-state index contributed by atoms with van der Waals surface area (Å²) < 4.78 is 0. The normalized spacial score (nSPS) is 38.6. The van der Waals surface area contributed by atoms with E-state index >= 15 is 0 Å². The number of hydrogen-bond acceptors (Lipinski definition) is 4. The average Bonchev–Trinajstić information content (AvgIpc) is 3.05. The molecule has 3 saturated heterocycles. The Kier molecular flexibility index (Phi) is 4.53. The first kappa shape index (κ1) is 16.9. The van der Waals surface area contributed by atoms with Gasteiger partial charge in [0.15, 0.2) is 0 Å². The summed E-state index contributed by atoms with van der Waals surface area (Å²) in [6.07, 6.45) is 2.40. The first-order chi connectivity index (χ1) is 9.38. The molecule has 0 bridgehead atoms. The maximum absolute atomic E-state index is 12.8. The number of fused-ring (bicyclic) bond motifs is 1. The molecule has 120 valence electrons. The molecule has 0 spiro atoms. The summed E-state index contributed by atoms with van der Waals surface area (Å²) in [5.41, 5.74) is 5.85. The zero-order valence-corrected chi connectivity index (χ0v) is 14.3. The average molecular weight is 334 g/mol. The Labute approximate surface area is 136 Å². The Hall–Kier alpha value is -0.460. The smallest absolute Gasteiger partial charge is 0.246 e. The number of thioether (sulfide) groups is 1. The highest BCUT2D eigenvalue weighted by Crippen LogP contribution is 2.47. The van der Waals surface area contributed by atoms with Gasteiger partial charge in [0.05, 0.1) is 4.87 Å². The number of carbonyl (C=O) groups is 2. The van der Waals surface area contributed by atoms with Crippen LogP contribution in [0.15, 0.2) is 0 Å². The van der Waals surface area contributed by atoms with Crippen molar-refractivity contribution in [1.82, 2.24) is 9.80 Å². The molecular formula is C14H24ClN3O2S. The number of carbonyl (C=O) groups excluding carboxylic acids is 2. The molecular weight excluding hydrogens is 310 g/mol. The van der Waals surface area contributed by atoms with Crippen LogP contribution >= 0.6 is 24.2 Å². The highest BCUT2D eigenvalue weighted by atomic mass is 35.5. The zero-order valence-electron chi connectivity index (χ0n) is 12.6. The summed E-state index contributed by atoms with van der Waals surface area (Å²) in [4.78, 5) is 28.5. The maximum atomic E-state index is 12.8. The lowest BCUT2D eigenvalue weighted by Gasteiger charge is -2.32. The predicted molar refractivity (Wildman–Crippen MR) is 86.3 cm³/mol. The van der Waals surface area contributed by atoms with Gasteiger partial charge in [0, 0.05) is 25.3 Å². The second kappa shape index (κ2) is 5.63. The Morgan fingerprint density at radius 3 is 2.76 bits per heavy atom. The van der Waals surface area contributed by atoms with Crippen molar-refractivity contribution < 1.29 is 9.59 Å². The third-order valence-corrected chi connectivity index (χ3v) is 6.60. The first-order valence-electron chi connectivity index (χ1n) is 7.34. The zero-order chi connectivity index (χ0) is 14.5. The second-order valence-electron chi connectivity index (χ2n) is 6.79. The lowest BCUT2D eigenvalue weighted by Crippen LogP contribution is -2.51. The van der Waals surface area contributed by atoms with Crippen LogP contribution in [0.5, 0.6) is 0 Å². The van der Waals surface area contributed by atoms with Crippen LogP contribution in [0.1, 0.15) is 33.1 Å². The molecule has 3 heterocycles. The van der Waals surface area contributed by atoms with Gasteiger partial charge in [-0.25, -0.2) is 0 Å². The molecule has 0 aromatic heterocycles. The van der Waals surface area contributed by atoms with Crippen LogP contribution in [-0.4, -0.2) is 57.9 Å². The first-order valence-corrected chi connectivity index (χ1v) is 8.32. The molecule has 3 aliphatic heterocycles. The van der Waals surface area contributed by atoms with Crippen molar-refractivity contribution in [1.29, 1.82) is 0 Å². The highest BCUT2D eigenvalue weighted by Gasteiger charge is 2.54. The number of nitrogens with zero attached hydrogens (tertiary/aromatic N) is 2. The van der Waals surface area contributed by atoms with E-state index in [1.165, 1.54) is 0 Å². The van der Waals surface area contributed by atoms with Gasteiger partial charge in [0.1, 0.15) is 6.04 Å². The maximum Gasteiger partial charge on any atom is 0.246 e. The summed E-state index contributed by atoms with van der Waals surface area (Å²) in [6, 6.07) is -0.264. The SMILES string of the molecule is CC1(CN)CCN(C(=O)C2CSC3(C)CCC(=O)N23)C1.Cl. The van der Waals surface area contributed by atoms with Crippen molar-refractivity contribution in [3.05, 3.63) is 0 Å². The molecule has 3 fully saturated rings. The number of halogens is 1. The van der Waals surface area contributed by atoms with Gasteiger partial charge < -0.3 is 15.5 Å². The van der Waals surface area contributed by atoms with Crippen molar-refractivity contribution in [2.24, 2.45) is 11.1 Å². The van der Waals surface area contributed by atoms with Gasteiger partial charge in [-0.15, -0.1) is 24.2 Å². The molecule has 5 nitrogen and oxygen atoms in total. The van der Waals surface area contributed by atoms with Crippen LogP contribution in [0.3, 0.4) is 0 Å². The highest BCUT2D eigenvalue weighted by molar-refractivity contribution is 8.01. The molecule has 0 radical (unpaired) electrons. The van der Waals surface area contributed by atoms with Crippen molar-refractivity contribution >= 4 is 36.0 Å². The Morgan fingerprint density at radius 2 is 2.14 bits per heavy atom. The van der Waals surface area contributed by atoms with E-state index < -0.39 is 0 Å². The van der Waals surface area contributed by atoms with E-state index in [0.717, 1.165) is 31.7 Å². The van der Waals surface area contributed by atoms with E-state index in [-0.39, 0.29) is 40.5 Å². The number of hydrogen-bond donors (Lipinski definition) is 1. The van der Waals surface area contributed by atoms with Crippen LogP contribution in [0, 0.1) is 5.41 Å². The summed E-state index contributed by atoms with van der Waals surface area (Å²) in [7, 11) is 0. The molecule has 0 aromatic carbocycles. The fourth-order valence-electron chi connectivity index (χ4n) is 3.59. The van der Waals surface area contributed by atoms with Crippen molar-refractivity contribution in [2.75, 3.05) is 25.4 Å². The molecule has 3 rings (SSSR count). The van der Waals surface area contributed by atoms with E-state index in [4.69, 9.17) is 5.73 Å². The Balaban J connectivity index is 0.00000161. The summed E-state index contributed by atoms with van der Waals surface area (Å²) in [5, 5.41) is 0. The molecule has 3 atom stereocenters. The number of rotatable bonds is 2. The standard InChI is InChI=1S/C14H23N3O2S.ClH/c1-13(8-15)5-6-16(9-13)12(19)10-7-20-14(2)4-3-11(18)17(10)14;/h10H,3-9,15H2,1-2H3;1H. The van der Waals surface area contributed by atoms with Gasteiger partial charge in [-0.1, -0.05) is 6.92 Å². The third-order valence-electron chi connectivity index (χ3n) is 5.09. The number of nitrogens with two attached hydrogens (primary N) is 1. The summed E-state index contributed by atoms with van der Waals surface area (Å²) >= 11 is 1.75. The lowest BCUT2D eigenvalue weighted by atomic mass is 9.90. The molecule has 3 unspecified atom stereocenters. The van der Waals surface area contributed by atoms with Crippen molar-refractivity contribution in [2.45, 2.75) is 44.0 Å². The van der Waals surface area contributed by atoms with E-state index in [1.54, 1.807) is 11.8 Å². The van der Waals surface area contributed by atoms with Gasteiger partial charge in [0.25, 0.3) is 0 Å². The van der Waals surface area contributed by atoms with Crippen molar-refractivity contribution in [3.63, 3.8) is 0 Å². The fourth-order valence-corrected chi connectivity index (χ4v) is 5.02. The predicted octanol–water partition coefficient (Wildman–Crippen LogP) is 1.06. The van der Waals surface area contributed by atoms with Crippen LogP contribution in [0.4, 0.5) is 0 Å². The molecule has 2 N–H and O–H groups in total. The van der Waals surface area contributed by atoms with Gasteiger partial charge in [-0.05, 0) is 31.7 Å². The minimum atomic E-state index is -0.264. The molecule has 7 heteroatoms. The minimum Gasteiger partial charge on any atom is -0.340 e.